The van der Waals surface area contributed by atoms with Crippen molar-refractivity contribution in [2.24, 2.45) is 0 Å². The summed E-state index contributed by atoms with van der Waals surface area (Å²) in [6.07, 6.45) is -4.33. The molecule has 1 heterocycles. The van der Waals surface area contributed by atoms with Crippen LogP contribution in [0.1, 0.15) is 34.4 Å². The fourth-order valence-electron chi connectivity index (χ4n) is 3.26. The van der Waals surface area contributed by atoms with Crippen molar-refractivity contribution in [3.8, 4) is 16.2 Å². The highest BCUT2D eigenvalue weighted by atomic mass is 32.2. The van der Waals surface area contributed by atoms with Gasteiger partial charge >= 0.3 is 12.1 Å². The number of halogens is 3. The monoisotopic (exact) mass is 480 g/mol. The summed E-state index contributed by atoms with van der Waals surface area (Å²) in [6.45, 7) is 5.67. The van der Waals surface area contributed by atoms with E-state index in [1.54, 1.807) is 29.2 Å². The van der Waals surface area contributed by atoms with E-state index < -0.39 is 17.7 Å². The average molecular weight is 481 g/mol. The topological polar surface area (TPSA) is 46.5 Å². The van der Waals surface area contributed by atoms with Crippen molar-refractivity contribution in [1.29, 1.82) is 0 Å². The number of rotatable bonds is 8. The van der Waals surface area contributed by atoms with Crippen molar-refractivity contribution in [3.63, 3.8) is 0 Å². The number of carboxylic acids is 1. The van der Waals surface area contributed by atoms with Crippen LogP contribution in [0, 0.1) is 13.8 Å². The molecule has 0 spiro atoms. The van der Waals surface area contributed by atoms with Gasteiger partial charge in [-0.15, -0.1) is 23.1 Å². The molecule has 170 valence electrons. The Bertz CT molecular complexity index is 1090. The summed E-state index contributed by atoms with van der Waals surface area (Å²) in [5, 5.41) is 8.74. The molecule has 1 unspecified atom stereocenters. The maximum absolute atomic E-state index is 12.8. The van der Waals surface area contributed by atoms with Crippen LogP contribution in [-0.4, -0.2) is 23.4 Å². The molecule has 0 aliphatic carbocycles. The van der Waals surface area contributed by atoms with Crippen LogP contribution in [-0.2, 0) is 11.0 Å². The van der Waals surface area contributed by atoms with Crippen molar-refractivity contribution >= 4 is 29.1 Å². The van der Waals surface area contributed by atoms with Gasteiger partial charge in [-0.2, -0.15) is 13.2 Å². The lowest BCUT2D eigenvalue weighted by molar-refractivity contribution is -0.139. The summed E-state index contributed by atoms with van der Waals surface area (Å²) in [6, 6.07) is 13.0. The summed E-state index contributed by atoms with van der Waals surface area (Å²) in [4.78, 5) is 13.9. The maximum atomic E-state index is 12.8. The minimum absolute atomic E-state index is 0.261. The molecule has 1 atom stereocenters. The lowest BCUT2D eigenvalue weighted by Crippen LogP contribution is -2.10. The number of benzene rings is 2. The normalized spacial score (nSPS) is 12.6. The first kappa shape index (κ1) is 24.2. The van der Waals surface area contributed by atoms with Crippen molar-refractivity contribution < 1.29 is 27.8 Å². The molecule has 32 heavy (non-hydrogen) atoms. The number of thiophene rings is 1. The fourth-order valence-corrected chi connectivity index (χ4v) is 5.63. The molecule has 3 aromatic rings. The second-order valence-corrected chi connectivity index (χ2v) is 9.73. The van der Waals surface area contributed by atoms with Gasteiger partial charge < -0.3 is 9.84 Å². The first-order chi connectivity index (χ1) is 15.0. The fraction of sp³-hybridized carbons (Fsp3) is 0.292. The minimum atomic E-state index is -4.33. The Morgan fingerprint density at radius 2 is 1.78 bits per heavy atom. The van der Waals surface area contributed by atoms with Crippen LogP contribution < -0.4 is 4.74 Å². The van der Waals surface area contributed by atoms with E-state index in [1.165, 1.54) is 17.0 Å². The number of carbonyl (C=O) groups is 1. The third kappa shape index (κ3) is 6.07. The number of thioether (sulfide) groups is 1. The van der Waals surface area contributed by atoms with Gasteiger partial charge in [-0.25, -0.2) is 4.79 Å². The van der Waals surface area contributed by atoms with E-state index in [0.29, 0.717) is 5.75 Å². The number of ether oxygens (including phenoxy) is 1. The van der Waals surface area contributed by atoms with Gasteiger partial charge in [0.1, 0.15) is 5.75 Å². The molecule has 1 N–H and O–H groups in total. The SMILES string of the molecule is Cc1cc(SCC(C)c2sc(-c3ccc(C(F)(F)F)cc3)cc2C)ccc1OCC(=O)O. The summed E-state index contributed by atoms with van der Waals surface area (Å²) in [5.74, 6) is 0.637. The maximum Gasteiger partial charge on any atom is 0.416 e. The Balaban J connectivity index is 1.66. The van der Waals surface area contributed by atoms with Gasteiger partial charge in [-0.1, -0.05) is 19.1 Å². The Labute approximate surface area is 193 Å². The molecular formula is C24H23F3O3S2. The molecule has 3 rings (SSSR count). The molecule has 0 bridgehead atoms. The van der Waals surface area contributed by atoms with Crippen LogP contribution in [0.15, 0.2) is 53.4 Å². The molecular weight excluding hydrogens is 457 g/mol. The second kappa shape index (κ2) is 10.0. The summed E-state index contributed by atoms with van der Waals surface area (Å²) >= 11 is 3.31. The van der Waals surface area contributed by atoms with E-state index in [2.05, 4.69) is 6.92 Å². The Morgan fingerprint density at radius 3 is 2.38 bits per heavy atom. The molecule has 1 aromatic heterocycles. The molecule has 0 fully saturated rings. The number of aryl methyl sites for hydroxylation is 2. The van der Waals surface area contributed by atoms with Gasteiger partial charge in [0.05, 0.1) is 5.56 Å². The van der Waals surface area contributed by atoms with E-state index in [4.69, 9.17) is 9.84 Å². The molecule has 0 aliphatic rings. The standard InChI is InChI=1S/C24H23F3O3S2/c1-14-10-19(8-9-20(14)30-12-22(28)29)31-13-16(3)23-15(2)11-21(32-23)17-4-6-18(7-5-17)24(25,26)27/h4-11,16H,12-13H2,1-3H3,(H,28,29). The van der Waals surface area contributed by atoms with Crippen LogP contribution >= 0.6 is 23.1 Å². The van der Waals surface area contributed by atoms with E-state index in [9.17, 15) is 18.0 Å². The number of hydrogen-bond acceptors (Lipinski definition) is 4. The first-order valence-electron chi connectivity index (χ1n) is 9.90. The van der Waals surface area contributed by atoms with Gasteiger partial charge in [0.15, 0.2) is 6.61 Å². The van der Waals surface area contributed by atoms with Crippen LogP contribution in [0.2, 0.25) is 0 Å². The zero-order valence-corrected chi connectivity index (χ0v) is 19.5. The van der Waals surface area contributed by atoms with E-state index in [0.717, 1.165) is 44.3 Å². The second-order valence-electron chi connectivity index (χ2n) is 7.55. The Morgan fingerprint density at radius 1 is 1.09 bits per heavy atom. The van der Waals surface area contributed by atoms with Crippen molar-refractivity contribution in [2.45, 2.75) is 37.8 Å². The Hall–Kier alpha value is -2.45. The molecule has 0 saturated heterocycles. The van der Waals surface area contributed by atoms with Gasteiger partial charge in [0, 0.05) is 26.3 Å². The van der Waals surface area contributed by atoms with Crippen LogP contribution in [0.4, 0.5) is 13.2 Å². The predicted octanol–water partition coefficient (Wildman–Crippen LogP) is 7.41. The van der Waals surface area contributed by atoms with Crippen molar-refractivity contribution in [3.05, 3.63) is 70.1 Å². The smallest absolute Gasteiger partial charge is 0.416 e. The number of hydrogen-bond donors (Lipinski definition) is 1. The quantitative estimate of drug-likeness (QED) is 0.341. The lowest BCUT2D eigenvalue weighted by atomic mass is 10.1. The molecule has 0 radical (unpaired) electrons. The summed E-state index contributed by atoms with van der Waals surface area (Å²) in [7, 11) is 0. The largest absolute Gasteiger partial charge is 0.482 e. The summed E-state index contributed by atoms with van der Waals surface area (Å²) in [5.41, 5.74) is 2.14. The zero-order valence-electron chi connectivity index (χ0n) is 17.8. The van der Waals surface area contributed by atoms with Crippen molar-refractivity contribution in [1.82, 2.24) is 0 Å². The lowest BCUT2D eigenvalue weighted by Gasteiger charge is -2.12. The molecule has 3 nitrogen and oxygen atoms in total. The van der Waals surface area contributed by atoms with Crippen LogP contribution in [0.3, 0.4) is 0 Å². The molecule has 8 heteroatoms. The van der Waals surface area contributed by atoms with Crippen molar-refractivity contribution in [2.75, 3.05) is 12.4 Å². The van der Waals surface area contributed by atoms with E-state index in [1.807, 2.05) is 32.0 Å². The van der Waals surface area contributed by atoms with E-state index >= 15 is 0 Å². The Kier molecular flexibility index (Phi) is 7.56. The van der Waals surface area contributed by atoms with Gasteiger partial charge in [-0.3, -0.25) is 0 Å². The molecule has 2 aromatic carbocycles. The van der Waals surface area contributed by atoms with Gasteiger partial charge in [0.2, 0.25) is 0 Å². The predicted molar refractivity (Wildman–Crippen MR) is 123 cm³/mol. The number of alkyl halides is 3. The number of aliphatic carboxylic acids is 1. The van der Waals surface area contributed by atoms with Crippen LogP contribution in [0.25, 0.3) is 10.4 Å². The van der Waals surface area contributed by atoms with Crippen LogP contribution in [0.5, 0.6) is 5.75 Å². The van der Waals surface area contributed by atoms with Gasteiger partial charge in [-0.05, 0) is 66.9 Å². The average Bonchev–Trinajstić information content (AvgIpc) is 3.12. The summed E-state index contributed by atoms with van der Waals surface area (Å²) < 4.78 is 43.7. The van der Waals surface area contributed by atoms with Gasteiger partial charge in [0.25, 0.3) is 0 Å². The highest BCUT2D eigenvalue weighted by Gasteiger charge is 2.30. The molecule has 0 amide bonds. The first-order valence-corrected chi connectivity index (χ1v) is 11.7. The highest BCUT2D eigenvalue weighted by molar-refractivity contribution is 7.99. The number of carboxylic acid groups (broad SMARTS) is 1. The molecule has 0 aliphatic heterocycles. The third-order valence-corrected chi connectivity index (χ3v) is 7.67. The van der Waals surface area contributed by atoms with E-state index in [-0.39, 0.29) is 12.5 Å². The minimum Gasteiger partial charge on any atom is -0.482 e. The highest BCUT2D eigenvalue weighted by Crippen LogP contribution is 2.39. The third-order valence-electron chi connectivity index (χ3n) is 4.90. The zero-order chi connectivity index (χ0) is 23.5. The molecule has 0 saturated carbocycles.